The fourth-order valence-corrected chi connectivity index (χ4v) is 2.60. The molecule has 1 N–H and O–H groups in total. The predicted octanol–water partition coefficient (Wildman–Crippen LogP) is 2.96. The van der Waals surface area contributed by atoms with Crippen molar-refractivity contribution in [2.75, 3.05) is 0 Å². The lowest BCUT2D eigenvalue weighted by Gasteiger charge is -2.09. The maximum atomic E-state index is 12.7. The molecule has 23 heavy (non-hydrogen) atoms. The van der Waals surface area contributed by atoms with E-state index in [0.29, 0.717) is 24.9 Å². The molecule has 2 atom stereocenters. The summed E-state index contributed by atoms with van der Waals surface area (Å²) in [5, 5.41) is 2.87. The molecule has 4 nitrogen and oxygen atoms in total. The lowest BCUT2D eigenvalue weighted by molar-refractivity contribution is -0.137. The van der Waals surface area contributed by atoms with E-state index in [1.165, 1.54) is 12.1 Å². The highest BCUT2D eigenvalue weighted by Gasteiger charge is 2.40. The first-order valence-corrected chi connectivity index (χ1v) is 7.36. The Balaban J connectivity index is 1.52. The van der Waals surface area contributed by atoms with Crippen molar-refractivity contribution in [3.8, 4) is 0 Å². The minimum absolute atomic E-state index is 0.0329. The van der Waals surface area contributed by atoms with Gasteiger partial charge in [0.15, 0.2) is 0 Å². The second kappa shape index (κ2) is 6.06. The molecule has 1 saturated carbocycles. The van der Waals surface area contributed by atoms with Gasteiger partial charge in [-0.15, -0.1) is 0 Å². The topological polar surface area (TPSA) is 46.9 Å². The van der Waals surface area contributed by atoms with Crippen molar-refractivity contribution in [3.63, 3.8) is 0 Å². The molecule has 7 heteroatoms. The SMILES string of the molecule is O=C(CCn1ccnc1)N[C@H]1C[C@@H]1c1cccc(C(F)(F)F)c1. The zero-order valence-electron chi connectivity index (χ0n) is 12.3. The first-order valence-electron chi connectivity index (χ1n) is 7.36. The summed E-state index contributed by atoms with van der Waals surface area (Å²) < 4.78 is 40.0. The maximum absolute atomic E-state index is 12.7. The number of amides is 1. The van der Waals surface area contributed by atoms with Crippen LogP contribution < -0.4 is 5.32 Å². The van der Waals surface area contributed by atoms with Crippen molar-refractivity contribution < 1.29 is 18.0 Å². The van der Waals surface area contributed by atoms with Crippen LogP contribution in [-0.4, -0.2) is 21.5 Å². The van der Waals surface area contributed by atoms with Crippen LogP contribution in [0.1, 0.15) is 29.9 Å². The Morgan fingerprint density at radius 1 is 1.39 bits per heavy atom. The smallest absolute Gasteiger partial charge is 0.353 e. The molecule has 0 bridgehead atoms. The Bertz CT molecular complexity index is 682. The van der Waals surface area contributed by atoms with Gasteiger partial charge < -0.3 is 9.88 Å². The molecule has 0 saturated heterocycles. The quantitative estimate of drug-likeness (QED) is 0.919. The maximum Gasteiger partial charge on any atom is 0.416 e. The Morgan fingerprint density at radius 2 is 2.22 bits per heavy atom. The average molecular weight is 323 g/mol. The van der Waals surface area contributed by atoms with Crippen molar-refractivity contribution in [1.29, 1.82) is 0 Å². The van der Waals surface area contributed by atoms with E-state index in [9.17, 15) is 18.0 Å². The fourth-order valence-electron chi connectivity index (χ4n) is 2.60. The zero-order chi connectivity index (χ0) is 16.4. The monoisotopic (exact) mass is 323 g/mol. The summed E-state index contributed by atoms with van der Waals surface area (Å²) in [6, 6.07) is 5.24. The molecule has 1 aliphatic carbocycles. The lowest BCUT2D eigenvalue weighted by Crippen LogP contribution is -2.27. The third-order valence-electron chi connectivity index (χ3n) is 3.94. The van der Waals surface area contributed by atoms with E-state index in [0.717, 1.165) is 6.07 Å². The number of hydrogen-bond donors (Lipinski definition) is 1. The number of halogens is 3. The Labute approximate surface area is 131 Å². The molecular weight excluding hydrogens is 307 g/mol. The molecule has 1 aliphatic rings. The Morgan fingerprint density at radius 3 is 2.91 bits per heavy atom. The van der Waals surface area contributed by atoms with Gasteiger partial charge in [0, 0.05) is 37.3 Å². The summed E-state index contributed by atoms with van der Waals surface area (Å²) in [6.45, 7) is 0.535. The number of alkyl halides is 3. The molecule has 1 fully saturated rings. The largest absolute Gasteiger partial charge is 0.416 e. The van der Waals surface area contributed by atoms with Crippen molar-refractivity contribution in [2.24, 2.45) is 0 Å². The van der Waals surface area contributed by atoms with E-state index < -0.39 is 11.7 Å². The highest BCUT2D eigenvalue weighted by Crippen LogP contribution is 2.42. The number of nitrogens with zero attached hydrogens (tertiary/aromatic N) is 2. The van der Waals surface area contributed by atoms with Crippen LogP contribution in [0.4, 0.5) is 13.2 Å². The van der Waals surface area contributed by atoms with Crippen molar-refractivity contribution >= 4 is 5.91 Å². The van der Waals surface area contributed by atoms with Crippen molar-refractivity contribution in [3.05, 3.63) is 54.1 Å². The summed E-state index contributed by atoms with van der Waals surface area (Å²) in [7, 11) is 0. The first-order chi connectivity index (χ1) is 10.9. The van der Waals surface area contributed by atoms with Gasteiger partial charge in [0.1, 0.15) is 0 Å². The van der Waals surface area contributed by atoms with E-state index in [2.05, 4.69) is 10.3 Å². The summed E-state index contributed by atoms with van der Waals surface area (Å²) in [5.74, 6) is -0.132. The molecule has 3 rings (SSSR count). The molecule has 0 unspecified atom stereocenters. The number of carbonyl (C=O) groups excluding carboxylic acids is 1. The Kier molecular flexibility index (Phi) is 4.11. The molecule has 1 aromatic heterocycles. The third kappa shape index (κ3) is 3.91. The number of hydrogen-bond acceptors (Lipinski definition) is 2. The van der Waals surface area contributed by atoms with Crippen LogP contribution in [0.5, 0.6) is 0 Å². The molecule has 122 valence electrons. The Hall–Kier alpha value is -2.31. The minimum atomic E-state index is -4.34. The molecule has 0 radical (unpaired) electrons. The van der Waals surface area contributed by atoms with E-state index in [1.54, 1.807) is 29.4 Å². The van der Waals surface area contributed by atoms with Crippen molar-refractivity contribution in [2.45, 2.75) is 37.5 Å². The standard InChI is InChI=1S/C16H16F3N3O/c17-16(18,19)12-3-1-2-11(8-12)13-9-14(13)21-15(23)4-6-22-7-5-20-10-22/h1-3,5,7-8,10,13-14H,4,6,9H2,(H,21,23)/t13-,14+/m1/s1. The minimum Gasteiger partial charge on any atom is -0.353 e. The van der Waals surface area contributed by atoms with E-state index in [-0.39, 0.29) is 17.9 Å². The number of imidazole rings is 1. The number of benzene rings is 1. The summed E-state index contributed by atoms with van der Waals surface area (Å²) in [5.41, 5.74) is -0.0215. The van der Waals surface area contributed by atoms with Gasteiger partial charge in [0.25, 0.3) is 0 Å². The van der Waals surface area contributed by atoms with Crippen molar-refractivity contribution in [1.82, 2.24) is 14.9 Å². The number of nitrogens with one attached hydrogen (secondary N) is 1. The predicted molar refractivity (Wildman–Crippen MR) is 77.6 cm³/mol. The third-order valence-corrected chi connectivity index (χ3v) is 3.94. The van der Waals surface area contributed by atoms with E-state index in [4.69, 9.17) is 0 Å². The summed E-state index contributed by atoms with van der Waals surface area (Å²) in [6.07, 6.45) is 1.71. The molecular formula is C16H16F3N3O. The average Bonchev–Trinajstić information content (AvgIpc) is 3.06. The highest BCUT2D eigenvalue weighted by molar-refractivity contribution is 5.76. The van der Waals surface area contributed by atoms with E-state index >= 15 is 0 Å². The summed E-state index contributed by atoms with van der Waals surface area (Å²) in [4.78, 5) is 15.8. The lowest BCUT2D eigenvalue weighted by atomic mass is 10.1. The number of aromatic nitrogens is 2. The second-order valence-electron chi connectivity index (χ2n) is 5.69. The molecule has 2 aromatic rings. The van der Waals surface area contributed by atoms with Crippen LogP contribution >= 0.6 is 0 Å². The van der Waals surface area contributed by atoms with Gasteiger partial charge in [-0.3, -0.25) is 4.79 Å². The number of aryl methyl sites for hydroxylation is 1. The highest BCUT2D eigenvalue weighted by atomic mass is 19.4. The second-order valence-corrected chi connectivity index (χ2v) is 5.69. The first kappa shape index (κ1) is 15.6. The van der Waals surface area contributed by atoms with Gasteiger partial charge in [0.05, 0.1) is 11.9 Å². The molecule has 1 amide bonds. The van der Waals surface area contributed by atoms with Gasteiger partial charge in [-0.2, -0.15) is 13.2 Å². The molecule has 0 aliphatic heterocycles. The van der Waals surface area contributed by atoms with Gasteiger partial charge in [0.2, 0.25) is 5.91 Å². The zero-order valence-corrected chi connectivity index (χ0v) is 12.3. The normalized spacial score (nSPS) is 20.3. The van der Waals surface area contributed by atoms with Crippen LogP contribution in [0.15, 0.2) is 43.0 Å². The van der Waals surface area contributed by atoms with Gasteiger partial charge in [-0.05, 0) is 18.1 Å². The van der Waals surface area contributed by atoms with Gasteiger partial charge in [-0.25, -0.2) is 4.98 Å². The van der Waals surface area contributed by atoms with Crippen LogP contribution in [0.3, 0.4) is 0 Å². The van der Waals surface area contributed by atoms with Gasteiger partial charge in [-0.1, -0.05) is 18.2 Å². The molecule has 0 spiro atoms. The number of carbonyl (C=O) groups is 1. The van der Waals surface area contributed by atoms with Crippen LogP contribution in [0.2, 0.25) is 0 Å². The fraction of sp³-hybridized carbons (Fsp3) is 0.375. The van der Waals surface area contributed by atoms with Crippen LogP contribution in [-0.2, 0) is 17.5 Å². The van der Waals surface area contributed by atoms with Gasteiger partial charge >= 0.3 is 6.18 Å². The van der Waals surface area contributed by atoms with E-state index in [1.807, 2.05) is 0 Å². The molecule has 1 heterocycles. The summed E-state index contributed by atoms with van der Waals surface area (Å²) >= 11 is 0. The van der Waals surface area contributed by atoms with Crippen LogP contribution in [0.25, 0.3) is 0 Å². The molecule has 1 aromatic carbocycles. The van der Waals surface area contributed by atoms with Crippen LogP contribution in [0, 0.1) is 0 Å². The number of rotatable bonds is 5.